The Morgan fingerprint density at radius 2 is 1.72 bits per heavy atom. The van der Waals surface area contributed by atoms with Crippen LogP contribution in [0.3, 0.4) is 0 Å². The van der Waals surface area contributed by atoms with Gasteiger partial charge >= 0.3 is 11.5 Å². The highest BCUT2D eigenvalue weighted by Gasteiger charge is 2.52. The molecule has 1 saturated heterocycles. The van der Waals surface area contributed by atoms with Gasteiger partial charge in [-0.15, -0.1) is 0 Å². The number of pyridine rings is 1. The lowest BCUT2D eigenvalue weighted by atomic mass is 10.0. The average Bonchev–Trinajstić information content (AvgIpc) is 2.87. The number of amides is 3. The molecule has 1 aromatic carbocycles. The number of urea groups is 1. The molecule has 3 amide bonds. The Bertz CT molecular complexity index is 1180. The minimum absolute atomic E-state index is 0.0650. The lowest BCUT2D eigenvalue weighted by molar-refractivity contribution is -0.123. The van der Waals surface area contributed by atoms with Crippen molar-refractivity contribution < 1.29 is 35.9 Å². The minimum atomic E-state index is -5.56. The Morgan fingerprint density at radius 1 is 1.12 bits per heavy atom. The van der Waals surface area contributed by atoms with Crippen LogP contribution in [-0.2, 0) is 21.2 Å². The van der Waals surface area contributed by atoms with Crippen molar-refractivity contribution in [2.75, 3.05) is 17.7 Å². The third-order valence-electron chi connectivity index (χ3n) is 5.08. The fourth-order valence-corrected chi connectivity index (χ4v) is 4.04. The van der Waals surface area contributed by atoms with Crippen LogP contribution in [0.25, 0.3) is 0 Å². The van der Waals surface area contributed by atoms with Crippen molar-refractivity contribution in [3.8, 4) is 5.75 Å². The summed E-state index contributed by atoms with van der Waals surface area (Å²) in [4.78, 5) is 31.0. The summed E-state index contributed by atoms with van der Waals surface area (Å²) in [6, 6.07) is 4.16. The van der Waals surface area contributed by atoms with E-state index in [4.69, 9.17) is 10.5 Å². The maximum atomic E-state index is 13.1. The van der Waals surface area contributed by atoms with Gasteiger partial charge in [0.25, 0.3) is 15.7 Å². The lowest BCUT2D eigenvalue weighted by Crippen LogP contribution is -2.43. The zero-order valence-electron chi connectivity index (χ0n) is 17.2. The number of alkyl halides is 3. The maximum Gasteiger partial charge on any atom is 0.501 e. The second-order valence-corrected chi connectivity index (χ2v) is 9.34. The van der Waals surface area contributed by atoms with E-state index in [2.05, 4.69) is 4.98 Å². The molecule has 0 unspecified atom stereocenters. The monoisotopic (exact) mass is 472 g/mol. The molecule has 172 valence electrons. The normalized spacial score (nSPS) is 16.6. The number of nitrogens with two attached hydrogens (primary N) is 1. The van der Waals surface area contributed by atoms with Gasteiger partial charge in [0, 0.05) is 11.8 Å². The van der Waals surface area contributed by atoms with Gasteiger partial charge in [-0.1, -0.05) is 0 Å². The zero-order chi connectivity index (χ0) is 24.1. The number of sulfone groups is 1. The Kier molecular flexibility index (Phi) is 5.58. The zero-order valence-corrected chi connectivity index (χ0v) is 18.0. The average molecular weight is 472 g/mol. The lowest BCUT2D eigenvalue weighted by Gasteiger charge is -2.28. The molecule has 1 fully saturated rings. The topological polar surface area (TPSA) is 123 Å². The van der Waals surface area contributed by atoms with Gasteiger partial charge in [0.1, 0.15) is 5.54 Å². The molecule has 0 bridgehead atoms. The summed E-state index contributed by atoms with van der Waals surface area (Å²) in [7, 11) is -4.18. The van der Waals surface area contributed by atoms with Crippen LogP contribution in [0, 0.1) is 0 Å². The molecule has 2 N–H and O–H groups in total. The smallest absolute Gasteiger partial charge is 0.493 e. The summed E-state index contributed by atoms with van der Waals surface area (Å²) in [5.74, 6) is -0.308. The van der Waals surface area contributed by atoms with Gasteiger partial charge < -0.3 is 15.4 Å². The van der Waals surface area contributed by atoms with Crippen molar-refractivity contribution >= 4 is 33.3 Å². The molecule has 0 spiro atoms. The number of hydrogen-bond donors (Lipinski definition) is 1. The van der Waals surface area contributed by atoms with Crippen LogP contribution in [0.4, 0.5) is 29.5 Å². The van der Waals surface area contributed by atoms with Crippen LogP contribution >= 0.6 is 0 Å². The number of carbonyl (C=O) groups excluding carboxylic acids is 2. The third kappa shape index (κ3) is 3.61. The molecule has 0 radical (unpaired) electrons. The number of rotatable bonds is 5. The summed E-state index contributed by atoms with van der Waals surface area (Å²) in [6.07, 6.45) is 1.42. The van der Waals surface area contributed by atoms with Crippen molar-refractivity contribution in [1.82, 2.24) is 9.88 Å². The number of halogens is 3. The predicted octanol–water partition coefficient (Wildman–Crippen LogP) is 2.71. The Labute approximate surface area is 181 Å². The highest BCUT2D eigenvalue weighted by atomic mass is 32.2. The van der Waals surface area contributed by atoms with E-state index in [0.29, 0.717) is 17.7 Å². The molecule has 0 aliphatic carbocycles. The van der Waals surface area contributed by atoms with Crippen molar-refractivity contribution in [3.05, 3.63) is 42.1 Å². The Morgan fingerprint density at radius 3 is 2.25 bits per heavy atom. The molecule has 0 saturated carbocycles. The number of aromatic nitrogens is 1. The van der Waals surface area contributed by atoms with Gasteiger partial charge in [-0.2, -0.15) is 13.2 Å². The van der Waals surface area contributed by atoms with Gasteiger partial charge in [-0.25, -0.2) is 23.1 Å². The van der Waals surface area contributed by atoms with Gasteiger partial charge in [0.05, 0.1) is 24.2 Å². The van der Waals surface area contributed by atoms with E-state index in [1.165, 1.54) is 32.1 Å². The second-order valence-electron chi connectivity index (χ2n) is 7.40. The van der Waals surface area contributed by atoms with Crippen molar-refractivity contribution in [2.45, 2.75) is 36.3 Å². The standard InChI is InChI=1S/C19H19F3N4O5S/c1-18(2)16(27)26(12-4-6-13(7-5-12)32(29,30)19(20,21)22)17(28)25(18)10-11-8-9-24-15(23)14(11)31-3/h4-9H,10H2,1-3H3,(H2,23,24). The molecule has 2 aromatic rings. The SMILES string of the molecule is COc1c(CN2C(=O)N(c3ccc(S(=O)(=O)C(F)(F)F)cc3)C(=O)C2(C)C)ccnc1N. The Balaban J connectivity index is 1.96. The number of benzene rings is 1. The number of imide groups is 1. The largest absolute Gasteiger partial charge is 0.501 e. The first-order valence-electron chi connectivity index (χ1n) is 9.08. The number of nitrogens with zero attached hydrogens (tertiary/aromatic N) is 3. The fraction of sp³-hybridized carbons (Fsp3) is 0.316. The van der Waals surface area contributed by atoms with Crippen molar-refractivity contribution in [3.63, 3.8) is 0 Å². The number of carbonyl (C=O) groups is 2. The van der Waals surface area contributed by atoms with E-state index >= 15 is 0 Å². The molecule has 13 heteroatoms. The summed E-state index contributed by atoms with van der Waals surface area (Å²) < 4.78 is 66.6. The first-order valence-corrected chi connectivity index (χ1v) is 10.6. The fourth-order valence-electron chi connectivity index (χ4n) is 3.27. The summed E-state index contributed by atoms with van der Waals surface area (Å²) in [6.45, 7) is 2.95. The van der Waals surface area contributed by atoms with Gasteiger partial charge in [0.2, 0.25) is 0 Å². The molecule has 9 nitrogen and oxygen atoms in total. The molecule has 2 heterocycles. The van der Waals surface area contributed by atoms with Gasteiger partial charge in [-0.3, -0.25) is 4.79 Å². The van der Waals surface area contributed by atoms with E-state index in [0.717, 1.165) is 17.0 Å². The predicted molar refractivity (Wildman–Crippen MR) is 107 cm³/mol. The van der Waals surface area contributed by atoms with Crippen LogP contribution < -0.4 is 15.4 Å². The van der Waals surface area contributed by atoms with Gasteiger partial charge in [-0.05, 0) is 44.2 Å². The number of ether oxygens (including phenoxy) is 1. The first kappa shape index (κ1) is 23.3. The molecule has 1 aromatic heterocycles. The van der Waals surface area contributed by atoms with E-state index in [1.807, 2.05) is 0 Å². The number of anilines is 2. The molecule has 0 atom stereocenters. The minimum Gasteiger partial charge on any atom is -0.493 e. The number of nitrogen functional groups attached to an aromatic ring is 1. The van der Waals surface area contributed by atoms with E-state index in [-0.39, 0.29) is 23.8 Å². The van der Waals surface area contributed by atoms with Gasteiger partial charge in [0.15, 0.2) is 11.6 Å². The van der Waals surface area contributed by atoms with Crippen molar-refractivity contribution in [2.24, 2.45) is 0 Å². The molecule has 32 heavy (non-hydrogen) atoms. The van der Waals surface area contributed by atoms with Crippen LogP contribution in [0.1, 0.15) is 19.4 Å². The van der Waals surface area contributed by atoms with Crippen LogP contribution in [0.15, 0.2) is 41.4 Å². The second kappa shape index (κ2) is 7.65. The molecular formula is C19H19F3N4O5S. The molecule has 3 rings (SSSR count). The summed E-state index contributed by atoms with van der Waals surface area (Å²) in [5.41, 5.74) is -0.592. The third-order valence-corrected chi connectivity index (χ3v) is 6.58. The van der Waals surface area contributed by atoms with E-state index in [1.54, 1.807) is 6.07 Å². The van der Waals surface area contributed by atoms with Crippen LogP contribution in [-0.4, -0.2) is 48.4 Å². The quantitative estimate of drug-likeness (QED) is 0.664. The molecule has 1 aliphatic rings. The molecular weight excluding hydrogens is 453 g/mol. The Hall–Kier alpha value is -3.35. The highest BCUT2D eigenvalue weighted by Crippen LogP contribution is 2.37. The van der Waals surface area contributed by atoms with Crippen LogP contribution in [0.2, 0.25) is 0 Å². The number of methoxy groups -OCH3 is 1. The van der Waals surface area contributed by atoms with Crippen LogP contribution in [0.5, 0.6) is 5.75 Å². The van der Waals surface area contributed by atoms with E-state index in [9.17, 15) is 31.2 Å². The summed E-state index contributed by atoms with van der Waals surface area (Å²) in [5, 5.41) is 0. The van der Waals surface area contributed by atoms with Crippen molar-refractivity contribution in [1.29, 1.82) is 0 Å². The molecule has 1 aliphatic heterocycles. The maximum absolute atomic E-state index is 13.1. The summed E-state index contributed by atoms with van der Waals surface area (Å²) >= 11 is 0. The number of hydrogen-bond acceptors (Lipinski definition) is 7. The first-order chi connectivity index (χ1) is 14.7. The van der Waals surface area contributed by atoms with E-state index < -0.39 is 37.7 Å². The highest BCUT2D eigenvalue weighted by molar-refractivity contribution is 7.92.